The highest BCUT2D eigenvalue weighted by Gasteiger charge is 2.27. The zero-order valence-corrected chi connectivity index (χ0v) is 10.3. The normalized spacial score (nSPS) is 17.8. The lowest BCUT2D eigenvalue weighted by molar-refractivity contribution is 0.130. The van der Waals surface area contributed by atoms with Crippen molar-refractivity contribution < 1.29 is 5.11 Å². The molecule has 2 nitrogen and oxygen atoms in total. The standard InChI is InChI=1S/C12H27NO/c1-5-8-13-12(7-3,10-14)9-11(4)6-2/h11,13-14H,5-10H2,1-4H3. The molecule has 2 atom stereocenters. The third kappa shape index (κ3) is 4.43. The summed E-state index contributed by atoms with van der Waals surface area (Å²) >= 11 is 0. The van der Waals surface area contributed by atoms with Crippen LogP contribution in [-0.2, 0) is 0 Å². The molecule has 0 spiro atoms. The first-order valence-corrected chi connectivity index (χ1v) is 6.00. The summed E-state index contributed by atoms with van der Waals surface area (Å²) in [6.45, 7) is 10.0. The minimum atomic E-state index is -0.0363. The van der Waals surface area contributed by atoms with Gasteiger partial charge in [-0.25, -0.2) is 0 Å². The highest BCUT2D eigenvalue weighted by atomic mass is 16.3. The maximum absolute atomic E-state index is 9.49. The van der Waals surface area contributed by atoms with E-state index < -0.39 is 0 Å². The molecule has 0 aliphatic carbocycles. The van der Waals surface area contributed by atoms with E-state index in [0.29, 0.717) is 5.92 Å². The number of rotatable bonds is 8. The summed E-state index contributed by atoms with van der Waals surface area (Å²) < 4.78 is 0. The molecule has 2 heteroatoms. The van der Waals surface area contributed by atoms with Crippen LogP contribution < -0.4 is 5.32 Å². The van der Waals surface area contributed by atoms with Crippen molar-refractivity contribution in [3.8, 4) is 0 Å². The minimum absolute atomic E-state index is 0.0363. The molecule has 0 saturated carbocycles. The minimum Gasteiger partial charge on any atom is -0.394 e. The van der Waals surface area contributed by atoms with E-state index in [1.807, 2.05) is 0 Å². The molecule has 0 amide bonds. The zero-order valence-electron chi connectivity index (χ0n) is 10.3. The van der Waals surface area contributed by atoms with E-state index in [0.717, 1.165) is 25.8 Å². The van der Waals surface area contributed by atoms with Gasteiger partial charge in [0, 0.05) is 5.54 Å². The van der Waals surface area contributed by atoms with Gasteiger partial charge in [0.05, 0.1) is 6.61 Å². The van der Waals surface area contributed by atoms with E-state index >= 15 is 0 Å². The molecule has 0 aromatic heterocycles. The Hall–Kier alpha value is -0.0800. The van der Waals surface area contributed by atoms with Gasteiger partial charge in [-0.15, -0.1) is 0 Å². The van der Waals surface area contributed by atoms with Crippen molar-refractivity contribution in [2.45, 2.75) is 58.9 Å². The fourth-order valence-corrected chi connectivity index (χ4v) is 1.78. The Kier molecular flexibility index (Phi) is 7.20. The van der Waals surface area contributed by atoms with Gasteiger partial charge in [0.1, 0.15) is 0 Å². The van der Waals surface area contributed by atoms with E-state index in [2.05, 4.69) is 33.0 Å². The Morgan fingerprint density at radius 1 is 1.29 bits per heavy atom. The van der Waals surface area contributed by atoms with Crippen molar-refractivity contribution >= 4 is 0 Å². The van der Waals surface area contributed by atoms with E-state index in [1.54, 1.807) is 0 Å². The largest absolute Gasteiger partial charge is 0.394 e. The predicted molar refractivity (Wildman–Crippen MR) is 62.5 cm³/mol. The summed E-state index contributed by atoms with van der Waals surface area (Å²) in [6, 6.07) is 0. The lowest BCUT2D eigenvalue weighted by Crippen LogP contribution is -2.49. The van der Waals surface area contributed by atoms with Crippen molar-refractivity contribution in [2.24, 2.45) is 5.92 Å². The van der Waals surface area contributed by atoms with Gasteiger partial charge in [-0.05, 0) is 31.7 Å². The Morgan fingerprint density at radius 3 is 2.29 bits per heavy atom. The second-order valence-corrected chi connectivity index (χ2v) is 4.44. The summed E-state index contributed by atoms with van der Waals surface area (Å²) in [4.78, 5) is 0. The number of aliphatic hydroxyl groups excluding tert-OH is 1. The number of hydrogen-bond acceptors (Lipinski definition) is 2. The second-order valence-electron chi connectivity index (χ2n) is 4.44. The molecule has 0 aromatic carbocycles. The van der Waals surface area contributed by atoms with Crippen LogP contribution in [0, 0.1) is 5.92 Å². The van der Waals surface area contributed by atoms with Crippen LogP contribution in [0.5, 0.6) is 0 Å². The Morgan fingerprint density at radius 2 is 1.93 bits per heavy atom. The Balaban J connectivity index is 4.20. The molecule has 0 heterocycles. The first-order chi connectivity index (χ1) is 6.64. The Bertz CT molecular complexity index is 132. The third-order valence-corrected chi connectivity index (χ3v) is 3.17. The van der Waals surface area contributed by atoms with Gasteiger partial charge in [0.25, 0.3) is 0 Å². The summed E-state index contributed by atoms with van der Waals surface area (Å²) in [7, 11) is 0. The molecule has 14 heavy (non-hydrogen) atoms. The van der Waals surface area contributed by atoms with Gasteiger partial charge < -0.3 is 10.4 Å². The van der Waals surface area contributed by atoms with Crippen molar-refractivity contribution in [3.63, 3.8) is 0 Å². The number of aliphatic hydroxyl groups is 1. The molecule has 0 bridgehead atoms. The van der Waals surface area contributed by atoms with Crippen molar-refractivity contribution in [1.29, 1.82) is 0 Å². The average Bonchev–Trinajstić information content (AvgIpc) is 2.24. The molecular weight excluding hydrogens is 174 g/mol. The first-order valence-electron chi connectivity index (χ1n) is 6.00. The highest BCUT2D eigenvalue weighted by molar-refractivity contribution is 4.87. The molecule has 0 fully saturated rings. The maximum atomic E-state index is 9.49. The fourth-order valence-electron chi connectivity index (χ4n) is 1.78. The van der Waals surface area contributed by atoms with E-state index in [-0.39, 0.29) is 12.1 Å². The van der Waals surface area contributed by atoms with Gasteiger partial charge in [-0.3, -0.25) is 0 Å². The molecule has 86 valence electrons. The summed E-state index contributed by atoms with van der Waals surface area (Å²) in [5.41, 5.74) is -0.0363. The van der Waals surface area contributed by atoms with Crippen LogP contribution in [0.3, 0.4) is 0 Å². The van der Waals surface area contributed by atoms with Crippen LogP contribution in [0.4, 0.5) is 0 Å². The highest BCUT2D eigenvalue weighted by Crippen LogP contribution is 2.22. The van der Waals surface area contributed by atoms with Crippen LogP contribution in [-0.4, -0.2) is 23.8 Å². The quantitative estimate of drug-likeness (QED) is 0.632. The third-order valence-electron chi connectivity index (χ3n) is 3.17. The molecule has 0 radical (unpaired) electrons. The lowest BCUT2D eigenvalue weighted by atomic mass is 9.85. The van der Waals surface area contributed by atoms with Gasteiger partial charge in [0.15, 0.2) is 0 Å². The monoisotopic (exact) mass is 201 g/mol. The van der Waals surface area contributed by atoms with Crippen LogP contribution in [0.1, 0.15) is 53.4 Å². The summed E-state index contributed by atoms with van der Waals surface area (Å²) in [5.74, 6) is 0.687. The topological polar surface area (TPSA) is 32.3 Å². The molecule has 0 rings (SSSR count). The fraction of sp³-hybridized carbons (Fsp3) is 1.00. The predicted octanol–water partition coefficient (Wildman–Crippen LogP) is 2.56. The van der Waals surface area contributed by atoms with E-state index in [1.165, 1.54) is 6.42 Å². The van der Waals surface area contributed by atoms with Crippen LogP contribution in [0.15, 0.2) is 0 Å². The van der Waals surface area contributed by atoms with Crippen molar-refractivity contribution in [2.75, 3.05) is 13.2 Å². The first kappa shape index (κ1) is 13.9. The average molecular weight is 201 g/mol. The number of nitrogens with one attached hydrogen (secondary N) is 1. The van der Waals surface area contributed by atoms with Crippen LogP contribution in [0.25, 0.3) is 0 Å². The molecule has 0 aliphatic heterocycles. The van der Waals surface area contributed by atoms with Crippen molar-refractivity contribution in [3.05, 3.63) is 0 Å². The number of hydrogen-bond donors (Lipinski definition) is 2. The molecule has 2 N–H and O–H groups in total. The van der Waals surface area contributed by atoms with Crippen molar-refractivity contribution in [1.82, 2.24) is 5.32 Å². The zero-order chi connectivity index (χ0) is 11.0. The lowest BCUT2D eigenvalue weighted by Gasteiger charge is -2.34. The van der Waals surface area contributed by atoms with Gasteiger partial charge in [0.2, 0.25) is 0 Å². The molecular formula is C12H27NO. The maximum Gasteiger partial charge on any atom is 0.0613 e. The van der Waals surface area contributed by atoms with Gasteiger partial charge in [-0.1, -0.05) is 34.1 Å². The second kappa shape index (κ2) is 7.24. The molecule has 0 aromatic rings. The summed E-state index contributed by atoms with van der Waals surface area (Å²) in [6.07, 6.45) is 4.40. The van der Waals surface area contributed by atoms with E-state index in [4.69, 9.17) is 0 Å². The summed E-state index contributed by atoms with van der Waals surface area (Å²) in [5, 5.41) is 13.0. The van der Waals surface area contributed by atoms with E-state index in [9.17, 15) is 5.11 Å². The Labute approximate surface area is 89.1 Å². The van der Waals surface area contributed by atoms with Gasteiger partial charge >= 0.3 is 0 Å². The van der Waals surface area contributed by atoms with Crippen LogP contribution in [0.2, 0.25) is 0 Å². The molecule has 0 aliphatic rings. The van der Waals surface area contributed by atoms with Gasteiger partial charge in [-0.2, -0.15) is 0 Å². The smallest absolute Gasteiger partial charge is 0.0613 e. The molecule has 0 saturated heterocycles. The SMILES string of the molecule is CCCNC(CC)(CO)CC(C)CC. The van der Waals surface area contributed by atoms with Crippen LogP contribution >= 0.6 is 0 Å². The molecule has 2 unspecified atom stereocenters.